The Morgan fingerprint density at radius 3 is 2.88 bits per heavy atom. The molecule has 84 valence electrons. The van der Waals surface area contributed by atoms with Crippen molar-refractivity contribution < 1.29 is 5.11 Å². The van der Waals surface area contributed by atoms with Crippen molar-refractivity contribution in [1.82, 2.24) is 4.98 Å². The van der Waals surface area contributed by atoms with Gasteiger partial charge >= 0.3 is 0 Å². The second-order valence-electron chi connectivity index (χ2n) is 3.75. The molecule has 16 heavy (non-hydrogen) atoms. The molecule has 1 heterocycles. The lowest BCUT2D eigenvalue weighted by atomic mass is 10.0. The molecular formula is C12H12BrNOS. The van der Waals surface area contributed by atoms with E-state index in [9.17, 15) is 5.11 Å². The highest BCUT2D eigenvalue weighted by molar-refractivity contribution is 9.10. The van der Waals surface area contributed by atoms with E-state index < -0.39 is 6.10 Å². The first-order chi connectivity index (χ1) is 7.65. The summed E-state index contributed by atoms with van der Waals surface area (Å²) in [6, 6.07) is 6.00. The minimum atomic E-state index is -0.461. The van der Waals surface area contributed by atoms with Crippen molar-refractivity contribution in [2.75, 3.05) is 0 Å². The number of aromatic nitrogens is 1. The van der Waals surface area contributed by atoms with Crippen LogP contribution in [0.2, 0.25) is 0 Å². The number of nitrogens with zero attached hydrogens (tertiary/aromatic N) is 1. The van der Waals surface area contributed by atoms with Gasteiger partial charge in [-0.05, 0) is 30.2 Å². The van der Waals surface area contributed by atoms with Crippen LogP contribution in [0.15, 0.2) is 34.4 Å². The second-order valence-corrected chi connectivity index (χ2v) is 5.64. The van der Waals surface area contributed by atoms with Crippen LogP contribution in [0.3, 0.4) is 0 Å². The number of rotatable bonds is 3. The number of aliphatic hydroxyl groups is 1. The predicted molar refractivity (Wildman–Crippen MR) is 69.7 cm³/mol. The lowest BCUT2D eigenvalue weighted by Crippen LogP contribution is -2.01. The topological polar surface area (TPSA) is 33.1 Å². The molecule has 1 N–H and O–H groups in total. The standard InChI is InChI=1S/C12H12BrNOS/c1-8-2-9(4-10(13)3-8)12(15)5-11-6-14-7-16-11/h2-4,6-7,12,15H,5H2,1H3. The lowest BCUT2D eigenvalue weighted by molar-refractivity contribution is 0.179. The molecule has 0 aliphatic heterocycles. The van der Waals surface area contributed by atoms with Gasteiger partial charge in [0.05, 0.1) is 11.6 Å². The highest BCUT2D eigenvalue weighted by Gasteiger charge is 2.10. The third-order valence-electron chi connectivity index (χ3n) is 2.33. The Balaban J connectivity index is 2.17. The summed E-state index contributed by atoms with van der Waals surface area (Å²) in [5.74, 6) is 0. The molecule has 0 amide bonds. The van der Waals surface area contributed by atoms with Gasteiger partial charge in [0.1, 0.15) is 0 Å². The fourth-order valence-corrected chi connectivity index (χ4v) is 2.87. The summed E-state index contributed by atoms with van der Waals surface area (Å²) in [6.07, 6.45) is 1.97. The molecule has 0 bridgehead atoms. The maximum Gasteiger partial charge on any atom is 0.0839 e. The molecule has 4 heteroatoms. The maximum absolute atomic E-state index is 10.1. The summed E-state index contributed by atoms with van der Waals surface area (Å²) in [5, 5.41) is 10.1. The first kappa shape index (κ1) is 11.8. The smallest absolute Gasteiger partial charge is 0.0839 e. The van der Waals surface area contributed by atoms with Gasteiger partial charge in [-0.1, -0.05) is 22.0 Å². The van der Waals surface area contributed by atoms with E-state index in [1.165, 1.54) is 0 Å². The van der Waals surface area contributed by atoms with Gasteiger partial charge in [-0.3, -0.25) is 4.98 Å². The number of benzene rings is 1. The van der Waals surface area contributed by atoms with Crippen molar-refractivity contribution in [2.24, 2.45) is 0 Å². The minimum absolute atomic E-state index is 0.461. The van der Waals surface area contributed by atoms with Crippen LogP contribution in [0.1, 0.15) is 22.1 Å². The highest BCUT2D eigenvalue weighted by atomic mass is 79.9. The van der Waals surface area contributed by atoms with E-state index in [0.29, 0.717) is 6.42 Å². The Labute approximate surface area is 107 Å². The van der Waals surface area contributed by atoms with Crippen LogP contribution in [-0.2, 0) is 6.42 Å². The Bertz CT molecular complexity index is 450. The molecule has 0 spiro atoms. The molecule has 1 aromatic heterocycles. The van der Waals surface area contributed by atoms with Crippen LogP contribution in [0.5, 0.6) is 0 Å². The molecule has 0 saturated carbocycles. The Morgan fingerprint density at radius 2 is 2.25 bits per heavy atom. The summed E-state index contributed by atoms with van der Waals surface area (Å²) in [7, 11) is 0. The molecule has 0 aliphatic carbocycles. The molecule has 2 rings (SSSR count). The minimum Gasteiger partial charge on any atom is -0.388 e. The summed E-state index contributed by atoms with van der Waals surface area (Å²) < 4.78 is 1.01. The summed E-state index contributed by atoms with van der Waals surface area (Å²) in [5.41, 5.74) is 3.88. The van der Waals surface area contributed by atoms with E-state index >= 15 is 0 Å². The maximum atomic E-state index is 10.1. The van der Waals surface area contributed by atoms with Gasteiger partial charge in [-0.2, -0.15) is 0 Å². The molecule has 0 fully saturated rings. The largest absolute Gasteiger partial charge is 0.388 e. The van der Waals surface area contributed by atoms with Crippen LogP contribution < -0.4 is 0 Å². The van der Waals surface area contributed by atoms with Crippen molar-refractivity contribution in [3.05, 3.63) is 50.4 Å². The lowest BCUT2D eigenvalue weighted by Gasteiger charge is -2.11. The van der Waals surface area contributed by atoms with Gasteiger partial charge in [-0.15, -0.1) is 11.3 Å². The van der Waals surface area contributed by atoms with Gasteiger partial charge in [-0.25, -0.2) is 0 Å². The van der Waals surface area contributed by atoms with E-state index in [1.807, 2.05) is 25.1 Å². The fraction of sp³-hybridized carbons (Fsp3) is 0.250. The molecule has 0 radical (unpaired) electrons. The van der Waals surface area contributed by atoms with E-state index in [1.54, 1.807) is 23.0 Å². The second kappa shape index (κ2) is 5.08. The molecule has 2 aromatic rings. The van der Waals surface area contributed by atoms with Crippen molar-refractivity contribution in [1.29, 1.82) is 0 Å². The Kier molecular flexibility index (Phi) is 3.74. The molecule has 1 aromatic carbocycles. The van der Waals surface area contributed by atoms with Crippen LogP contribution in [-0.4, -0.2) is 10.1 Å². The summed E-state index contributed by atoms with van der Waals surface area (Å²) in [6.45, 7) is 2.02. The van der Waals surface area contributed by atoms with Gasteiger partial charge in [0.2, 0.25) is 0 Å². The number of aryl methyl sites for hydroxylation is 1. The van der Waals surface area contributed by atoms with E-state index in [4.69, 9.17) is 0 Å². The van der Waals surface area contributed by atoms with Crippen LogP contribution >= 0.6 is 27.3 Å². The normalized spacial score (nSPS) is 12.7. The quantitative estimate of drug-likeness (QED) is 0.941. The molecule has 1 atom stereocenters. The average molecular weight is 298 g/mol. The van der Waals surface area contributed by atoms with Crippen LogP contribution in [0.4, 0.5) is 0 Å². The summed E-state index contributed by atoms with van der Waals surface area (Å²) >= 11 is 5.01. The summed E-state index contributed by atoms with van der Waals surface area (Å²) in [4.78, 5) is 5.10. The first-order valence-corrected chi connectivity index (χ1v) is 6.65. The zero-order valence-electron chi connectivity index (χ0n) is 8.85. The monoisotopic (exact) mass is 297 g/mol. The van der Waals surface area contributed by atoms with E-state index in [0.717, 1.165) is 20.5 Å². The predicted octanol–water partition coefficient (Wildman–Crippen LogP) is 3.49. The third-order valence-corrected chi connectivity index (χ3v) is 3.59. The van der Waals surface area contributed by atoms with Gasteiger partial charge in [0, 0.05) is 22.0 Å². The SMILES string of the molecule is Cc1cc(Br)cc(C(O)Cc2cncs2)c1. The van der Waals surface area contributed by atoms with Gasteiger partial charge in [0.15, 0.2) is 0 Å². The molecule has 1 unspecified atom stereocenters. The van der Waals surface area contributed by atoms with Crippen molar-refractivity contribution in [3.63, 3.8) is 0 Å². The van der Waals surface area contributed by atoms with Crippen molar-refractivity contribution in [2.45, 2.75) is 19.4 Å². The molecule has 2 nitrogen and oxygen atoms in total. The van der Waals surface area contributed by atoms with E-state index in [-0.39, 0.29) is 0 Å². The van der Waals surface area contributed by atoms with Crippen LogP contribution in [0, 0.1) is 6.92 Å². The molecular weight excluding hydrogens is 286 g/mol. The zero-order valence-corrected chi connectivity index (χ0v) is 11.3. The highest BCUT2D eigenvalue weighted by Crippen LogP contribution is 2.24. The van der Waals surface area contributed by atoms with Gasteiger partial charge in [0.25, 0.3) is 0 Å². The number of hydrogen-bond acceptors (Lipinski definition) is 3. The molecule has 0 saturated heterocycles. The van der Waals surface area contributed by atoms with E-state index in [2.05, 4.69) is 20.9 Å². The third kappa shape index (κ3) is 2.90. The van der Waals surface area contributed by atoms with Crippen molar-refractivity contribution >= 4 is 27.3 Å². The zero-order chi connectivity index (χ0) is 11.5. The van der Waals surface area contributed by atoms with Gasteiger partial charge < -0.3 is 5.11 Å². The molecule has 0 aliphatic rings. The number of thiazole rings is 1. The first-order valence-electron chi connectivity index (χ1n) is 4.97. The number of aliphatic hydroxyl groups excluding tert-OH is 1. The van der Waals surface area contributed by atoms with Crippen LogP contribution in [0.25, 0.3) is 0 Å². The van der Waals surface area contributed by atoms with Crippen molar-refractivity contribution in [3.8, 4) is 0 Å². The number of halogens is 1. The number of hydrogen-bond donors (Lipinski definition) is 1. The fourth-order valence-electron chi connectivity index (χ4n) is 1.61. The Hall–Kier alpha value is -0.710. The Morgan fingerprint density at radius 1 is 1.44 bits per heavy atom. The average Bonchev–Trinajstić information content (AvgIpc) is 2.68.